The summed E-state index contributed by atoms with van der Waals surface area (Å²) in [5.74, 6) is -0.519. The van der Waals surface area contributed by atoms with Crippen LogP contribution in [0.1, 0.15) is 21.6 Å². The molecular weight excluding hydrogens is 267 g/mol. The first kappa shape index (κ1) is 13.2. The molecule has 0 amide bonds. The van der Waals surface area contributed by atoms with Crippen LogP contribution in [0.3, 0.4) is 0 Å². The number of carbonyl (C=O) groups is 1. The van der Waals surface area contributed by atoms with Crippen LogP contribution in [0, 0.1) is 12.7 Å². The van der Waals surface area contributed by atoms with Crippen molar-refractivity contribution in [1.29, 1.82) is 0 Å². The fraction of sp³-hybridized carbons (Fsp3) is 0.0588. The molecule has 104 valence electrons. The molecule has 4 heteroatoms. The number of benzene rings is 2. The first-order valence-corrected chi connectivity index (χ1v) is 6.57. The number of rotatable bonds is 3. The lowest BCUT2D eigenvalue weighted by Gasteiger charge is -2.08. The highest BCUT2D eigenvalue weighted by molar-refractivity contribution is 6.09. The molecule has 0 aliphatic carbocycles. The summed E-state index contributed by atoms with van der Waals surface area (Å²) in [5.41, 5.74) is 2.36. The number of nitrogens with zero attached hydrogens (tertiary/aromatic N) is 2. The van der Waals surface area contributed by atoms with E-state index in [-0.39, 0.29) is 11.6 Å². The van der Waals surface area contributed by atoms with E-state index < -0.39 is 0 Å². The van der Waals surface area contributed by atoms with Crippen LogP contribution < -0.4 is 0 Å². The number of para-hydroxylation sites is 1. The van der Waals surface area contributed by atoms with Crippen molar-refractivity contribution in [3.8, 4) is 5.69 Å². The molecule has 0 spiro atoms. The van der Waals surface area contributed by atoms with E-state index in [1.54, 1.807) is 23.9 Å². The summed E-state index contributed by atoms with van der Waals surface area (Å²) in [6, 6.07) is 15.2. The topological polar surface area (TPSA) is 34.9 Å². The second kappa shape index (κ2) is 5.32. The van der Waals surface area contributed by atoms with E-state index in [0.29, 0.717) is 16.8 Å². The van der Waals surface area contributed by atoms with E-state index in [2.05, 4.69) is 5.10 Å². The Morgan fingerprint density at radius 3 is 2.57 bits per heavy atom. The van der Waals surface area contributed by atoms with Gasteiger partial charge in [-0.25, -0.2) is 9.07 Å². The molecule has 0 fully saturated rings. The van der Waals surface area contributed by atoms with E-state index in [9.17, 15) is 9.18 Å². The average molecular weight is 280 g/mol. The smallest absolute Gasteiger partial charge is 0.211 e. The highest BCUT2D eigenvalue weighted by Gasteiger charge is 2.17. The fourth-order valence-electron chi connectivity index (χ4n) is 2.27. The highest BCUT2D eigenvalue weighted by Crippen LogP contribution is 2.17. The van der Waals surface area contributed by atoms with E-state index in [0.717, 1.165) is 5.69 Å². The van der Waals surface area contributed by atoms with Crippen LogP contribution in [-0.4, -0.2) is 15.6 Å². The molecule has 2 aromatic carbocycles. The first-order valence-electron chi connectivity index (χ1n) is 6.57. The number of carbonyl (C=O) groups excluding carboxylic acids is 1. The van der Waals surface area contributed by atoms with Gasteiger partial charge in [-0.1, -0.05) is 18.2 Å². The Kier molecular flexibility index (Phi) is 3.36. The molecule has 0 aliphatic rings. The molecule has 1 aromatic heterocycles. The molecule has 0 radical (unpaired) electrons. The molecule has 0 bridgehead atoms. The van der Waals surface area contributed by atoms with Gasteiger partial charge >= 0.3 is 0 Å². The maximum absolute atomic E-state index is 13.2. The normalized spacial score (nSPS) is 10.6. The minimum atomic E-state index is -0.347. The largest absolute Gasteiger partial charge is 0.287 e. The van der Waals surface area contributed by atoms with Crippen molar-refractivity contribution in [3.63, 3.8) is 0 Å². The summed E-state index contributed by atoms with van der Waals surface area (Å²) in [4.78, 5) is 12.7. The standard InChI is InChI=1S/C17H13FN2O/c1-12-11-13(18)7-8-15(12)17(21)16-9-10-19-20(16)14-5-3-2-4-6-14/h2-11H,1H3. The average Bonchev–Trinajstić information content (AvgIpc) is 2.97. The van der Waals surface area contributed by atoms with E-state index in [1.807, 2.05) is 30.3 Å². The molecule has 0 atom stereocenters. The molecule has 3 nitrogen and oxygen atoms in total. The Bertz CT molecular complexity index is 794. The van der Waals surface area contributed by atoms with Crippen LogP contribution in [0.2, 0.25) is 0 Å². The van der Waals surface area contributed by atoms with E-state index >= 15 is 0 Å². The van der Waals surface area contributed by atoms with Crippen LogP contribution in [0.5, 0.6) is 0 Å². The van der Waals surface area contributed by atoms with Gasteiger partial charge in [0.2, 0.25) is 5.78 Å². The van der Waals surface area contributed by atoms with Crippen molar-refractivity contribution in [1.82, 2.24) is 9.78 Å². The van der Waals surface area contributed by atoms with Gasteiger partial charge in [0.15, 0.2) is 0 Å². The molecule has 21 heavy (non-hydrogen) atoms. The molecule has 3 aromatic rings. The minimum Gasteiger partial charge on any atom is -0.287 e. The Morgan fingerprint density at radius 2 is 1.86 bits per heavy atom. The van der Waals surface area contributed by atoms with Crippen molar-refractivity contribution in [3.05, 3.63) is 83.4 Å². The van der Waals surface area contributed by atoms with E-state index in [1.165, 1.54) is 18.2 Å². The third-order valence-corrected chi connectivity index (χ3v) is 3.31. The maximum Gasteiger partial charge on any atom is 0.211 e. The quantitative estimate of drug-likeness (QED) is 0.688. The molecule has 0 N–H and O–H groups in total. The molecular formula is C17H13FN2O. The van der Waals surface area contributed by atoms with Gasteiger partial charge in [-0.05, 0) is 48.9 Å². The van der Waals surface area contributed by atoms with Crippen LogP contribution in [0.25, 0.3) is 5.69 Å². The van der Waals surface area contributed by atoms with Crippen molar-refractivity contribution < 1.29 is 9.18 Å². The fourth-order valence-corrected chi connectivity index (χ4v) is 2.27. The molecule has 0 saturated carbocycles. The Morgan fingerprint density at radius 1 is 1.10 bits per heavy atom. The minimum absolute atomic E-state index is 0.172. The zero-order chi connectivity index (χ0) is 14.8. The Hall–Kier alpha value is -2.75. The third-order valence-electron chi connectivity index (χ3n) is 3.31. The van der Waals surface area contributed by atoms with Gasteiger partial charge in [-0.15, -0.1) is 0 Å². The number of ketones is 1. The summed E-state index contributed by atoms with van der Waals surface area (Å²) in [5, 5.41) is 4.20. The Balaban J connectivity index is 2.06. The van der Waals surface area contributed by atoms with Crippen molar-refractivity contribution in [2.75, 3.05) is 0 Å². The molecule has 0 unspecified atom stereocenters. The van der Waals surface area contributed by atoms with Crippen molar-refractivity contribution >= 4 is 5.78 Å². The molecule has 1 heterocycles. The predicted molar refractivity (Wildman–Crippen MR) is 78.1 cm³/mol. The molecule has 0 aliphatic heterocycles. The van der Waals surface area contributed by atoms with Gasteiger partial charge in [-0.3, -0.25) is 4.79 Å². The summed E-state index contributed by atoms with van der Waals surface area (Å²) >= 11 is 0. The first-order chi connectivity index (χ1) is 10.2. The Labute approximate surface area is 121 Å². The summed E-state index contributed by atoms with van der Waals surface area (Å²) < 4.78 is 14.8. The number of halogens is 1. The number of aryl methyl sites for hydroxylation is 1. The van der Waals surface area contributed by atoms with Crippen LogP contribution in [0.15, 0.2) is 60.8 Å². The van der Waals surface area contributed by atoms with Crippen LogP contribution in [-0.2, 0) is 0 Å². The summed E-state index contributed by atoms with van der Waals surface area (Å²) in [6.45, 7) is 1.72. The highest BCUT2D eigenvalue weighted by atomic mass is 19.1. The lowest BCUT2D eigenvalue weighted by molar-refractivity contribution is 0.103. The predicted octanol–water partition coefficient (Wildman–Crippen LogP) is 3.55. The van der Waals surface area contributed by atoms with Gasteiger partial charge in [-0.2, -0.15) is 5.10 Å². The zero-order valence-corrected chi connectivity index (χ0v) is 11.5. The lowest BCUT2D eigenvalue weighted by atomic mass is 10.0. The van der Waals surface area contributed by atoms with Gasteiger partial charge in [0.25, 0.3) is 0 Å². The van der Waals surface area contributed by atoms with Gasteiger partial charge < -0.3 is 0 Å². The van der Waals surface area contributed by atoms with Gasteiger partial charge in [0.05, 0.1) is 11.9 Å². The van der Waals surface area contributed by atoms with Crippen LogP contribution >= 0.6 is 0 Å². The van der Waals surface area contributed by atoms with Gasteiger partial charge in [0, 0.05) is 5.56 Å². The summed E-state index contributed by atoms with van der Waals surface area (Å²) in [6.07, 6.45) is 1.58. The second-order valence-electron chi connectivity index (χ2n) is 4.75. The maximum atomic E-state index is 13.2. The zero-order valence-electron chi connectivity index (χ0n) is 11.5. The SMILES string of the molecule is Cc1cc(F)ccc1C(=O)c1ccnn1-c1ccccc1. The van der Waals surface area contributed by atoms with Crippen LogP contribution in [0.4, 0.5) is 4.39 Å². The van der Waals surface area contributed by atoms with Crippen molar-refractivity contribution in [2.45, 2.75) is 6.92 Å². The number of aromatic nitrogens is 2. The molecule has 0 saturated heterocycles. The monoisotopic (exact) mass is 280 g/mol. The van der Waals surface area contributed by atoms with Crippen molar-refractivity contribution in [2.24, 2.45) is 0 Å². The second-order valence-corrected chi connectivity index (χ2v) is 4.75. The lowest BCUT2D eigenvalue weighted by Crippen LogP contribution is -2.11. The molecule has 3 rings (SSSR count). The number of hydrogen-bond donors (Lipinski definition) is 0. The van der Waals surface area contributed by atoms with E-state index in [4.69, 9.17) is 0 Å². The van der Waals surface area contributed by atoms with Gasteiger partial charge in [0.1, 0.15) is 11.5 Å². The third kappa shape index (κ3) is 2.48. The summed E-state index contributed by atoms with van der Waals surface area (Å²) in [7, 11) is 0. The number of hydrogen-bond acceptors (Lipinski definition) is 2.